The Labute approximate surface area is 138 Å². The number of carbonyl (C=O) groups is 1. The predicted octanol–water partition coefficient (Wildman–Crippen LogP) is 3.13. The molecule has 0 radical (unpaired) electrons. The number of nitrogen functional groups attached to an aromatic ring is 1. The summed E-state index contributed by atoms with van der Waals surface area (Å²) in [5, 5.41) is 3.80. The second kappa shape index (κ2) is 6.89. The molecule has 2 unspecified atom stereocenters. The molecule has 0 spiro atoms. The van der Waals surface area contributed by atoms with Gasteiger partial charge in [0, 0.05) is 43.4 Å². The van der Waals surface area contributed by atoms with Crippen molar-refractivity contribution in [2.45, 2.75) is 18.6 Å². The SMILES string of the molecule is CC(CCNC(=O)c1sc2cccc(Br)c2c1N)S(C)=O. The Morgan fingerprint density at radius 1 is 1.52 bits per heavy atom. The van der Waals surface area contributed by atoms with Crippen LogP contribution in [0.1, 0.15) is 23.0 Å². The van der Waals surface area contributed by atoms with Crippen LogP contribution in [0.4, 0.5) is 5.69 Å². The number of halogens is 1. The first kappa shape index (κ1) is 16.5. The van der Waals surface area contributed by atoms with Crippen LogP contribution in [-0.4, -0.2) is 28.2 Å². The molecule has 1 aromatic heterocycles. The van der Waals surface area contributed by atoms with Crippen molar-refractivity contribution in [2.24, 2.45) is 0 Å². The third-order valence-corrected chi connectivity index (χ3v) is 6.51. The highest BCUT2D eigenvalue weighted by Gasteiger charge is 2.18. The zero-order valence-corrected chi connectivity index (χ0v) is 15.0. The van der Waals surface area contributed by atoms with E-state index in [2.05, 4.69) is 21.2 Å². The van der Waals surface area contributed by atoms with E-state index in [-0.39, 0.29) is 11.2 Å². The zero-order valence-electron chi connectivity index (χ0n) is 11.8. The summed E-state index contributed by atoms with van der Waals surface area (Å²) in [6.45, 7) is 2.40. The van der Waals surface area contributed by atoms with Crippen LogP contribution in [0.2, 0.25) is 0 Å². The number of nitrogens with two attached hydrogens (primary N) is 1. The first-order valence-corrected chi connectivity index (χ1v) is 9.71. The molecule has 3 N–H and O–H groups in total. The average Bonchev–Trinajstić information content (AvgIpc) is 2.77. The van der Waals surface area contributed by atoms with Crippen molar-refractivity contribution in [1.29, 1.82) is 0 Å². The molecule has 1 amide bonds. The predicted molar refractivity (Wildman–Crippen MR) is 94.4 cm³/mol. The number of thiophene rings is 1. The third-order valence-electron chi connectivity index (χ3n) is 3.31. The van der Waals surface area contributed by atoms with Gasteiger partial charge in [0.05, 0.1) is 5.69 Å². The first-order chi connectivity index (χ1) is 9.91. The minimum atomic E-state index is -0.869. The van der Waals surface area contributed by atoms with Gasteiger partial charge in [0.1, 0.15) is 4.88 Å². The fourth-order valence-corrected chi connectivity index (χ4v) is 4.16. The summed E-state index contributed by atoms with van der Waals surface area (Å²) in [5.41, 5.74) is 6.60. The highest BCUT2D eigenvalue weighted by molar-refractivity contribution is 9.10. The van der Waals surface area contributed by atoms with Gasteiger partial charge in [-0.15, -0.1) is 11.3 Å². The molecule has 1 heterocycles. The minimum absolute atomic E-state index is 0.0687. The second-order valence-electron chi connectivity index (χ2n) is 4.81. The first-order valence-electron chi connectivity index (χ1n) is 6.48. The van der Waals surface area contributed by atoms with Gasteiger partial charge in [-0.3, -0.25) is 9.00 Å². The molecular formula is C14H17BrN2O2S2. The summed E-state index contributed by atoms with van der Waals surface area (Å²) in [6, 6.07) is 5.77. The molecular weight excluding hydrogens is 372 g/mol. The van der Waals surface area contributed by atoms with Crippen molar-refractivity contribution in [3.05, 3.63) is 27.5 Å². The van der Waals surface area contributed by atoms with Crippen LogP contribution in [0.5, 0.6) is 0 Å². The van der Waals surface area contributed by atoms with Crippen LogP contribution in [0.3, 0.4) is 0 Å². The largest absolute Gasteiger partial charge is 0.397 e. The summed E-state index contributed by atoms with van der Waals surface area (Å²) >= 11 is 4.84. The third kappa shape index (κ3) is 3.64. The van der Waals surface area contributed by atoms with E-state index in [9.17, 15) is 9.00 Å². The van der Waals surface area contributed by atoms with Gasteiger partial charge in [0.2, 0.25) is 0 Å². The Bertz CT molecular complexity index is 700. The Hall–Kier alpha value is -0.920. The van der Waals surface area contributed by atoms with Crippen molar-refractivity contribution in [3.8, 4) is 0 Å². The summed E-state index contributed by atoms with van der Waals surface area (Å²) < 4.78 is 13.1. The maximum atomic E-state index is 12.2. The van der Waals surface area contributed by atoms with Gasteiger partial charge in [0.25, 0.3) is 5.91 Å². The average molecular weight is 389 g/mol. The Morgan fingerprint density at radius 3 is 2.86 bits per heavy atom. The normalized spacial score (nSPS) is 14.0. The highest BCUT2D eigenvalue weighted by Crippen LogP contribution is 2.37. The lowest BCUT2D eigenvalue weighted by Crippen LogP contribution is -2.27. The number of rotatable bonds is 5. The van der Waals surface area contributed by atoms with E-state index in [0.29, 0.717) is 23.5 Å². The number of hydrogen-bond acceptors (Lipinski definition) is 4. The molecule has 0 saturated heterocycles. The molecule has 0 bridgehead atoms. The summed E-state index contributed by atoms with van der Waals surface area (Å²) in [5.74, 6) is -0.172. The number of amides is 1. The summed E-state index contributed by atoms with van der Waals surface area (Å²) in [6.07, 6.45) is 2.36. The fraction of sp³-hybridized carbons (Fsp3) is 0.357. The van der Waals surface area contributed by atoms with E-state index in [4.69, 9.17) is 5.73 Å². The Morgan fingerprint density at radius 2 is 2.24 bits per heavy atom. The molecule has 2 atom stereocenters. The Kier molecular flexibility index (Phi) is 5.40. The maximum Gasteiger partial charge on any atom is 0.263 e. The quantitative estimate of drug-likeness (QED) is 0.825. The minimum Gasteiger partial charge on any atom is -0.397 e. The van der Waals surface area contributed by atoms with Gasteiger partial charge in [-0.25, -0.2) is 0 Å². The number of carbonyl (C=O) groups excluding carboxylic acids is 1. The van der Waals surface area contributed by atoms with E-state index in [1.165, 1.54) is 11.3 Å². The Balaban J connectivity index is 2.12. The number of anilines is 1. The van der Waals surface area contributed by atoms with Crippen molar-refractivity contribution in [2.75, 3.05) is 18.5 Å². The van der Waals surface area contributed by atoms with Gasteiger partial charge in [-0.2, -0.15) is 0 Å². The standard InChI is InChI=1S/C14H17BrN2O2S2/c1-8(21(2)19)6-7-17-14(18)13-12(16)11-9(15)4-3-5-10(11)20-13/h3-5,8H,6-7,16H2,1-2H3,(H,17,18). The molecule has 1 aromatic carbocycles. The monoisotopic (exact) mass is 388 g/mol. The lowest BCUT2D eigenvalue weighted by Gasteiger charge is -2.08. The number of hydrogen-bond donors (Lipinski definition) is 2. The molecule has 114 valence electrons. The van der Waals surface area contributed by atoms with Crippen LogP contribution in [0.15, 0.2) is 22.7 Å². The van der Waals surface area contributed by atoms with Crippen LogP contribution in [0, 0.1) is 0 Å². The second-order valence-corrected chi connectivity index (χ2v) is 8.52. The molecule has 2 aromatic rings. The molecule has 0 aliphatic heterocycles. The van der Waals surface area contributed by atoms with Crippen molar-refractivity contribution >= 4 is 59.7 Å². The summed E-state index contributed by atoms with van der Waals surface area (Å²) in [4.78, 5) is 12.8. The van der Waals surface area contributed by atoms with Gasteiger partial charge >= 0.3 is 0 Å². The van der Waals surface area contributed by atoms with Crippen LogP contribution < -0.4 is 11.1 Å². The van der Waals surface area contributed by atoms with E-state index < -0.39 is 10.8 Å². The van der Waals surface area contributed by atoms with Crippen molar-refractivity contribution in [1.82, 2.24) is 5.32 Å². The fourth-order valence-electron chi connectivity index (χ4n) is 1.93. The molecule has 0 fully saturated rings. The number of benzene rings is 1. The highest BCUT2D eigenvalue weighted by atomic mass is 79.9. The van der Waals surface area contributed by atoms with Crippen molar-refractivity contribution < 1.29 is 9.00 Å². The molecule has 0 aliphatic carbocycles. The molecule has 2 rings (SSSR count). The molecule has 4 nitrogen and oxygen atoms in total. The van der Waals surface area contributed by atoms with E-state index in [1.807, 2.05) is 25.1 Å². The van der Waals surface area contributed by atoms with Gasteiger partial charge in [-0.1, -0.05) is 28.9 Å². The lowest BCUT2D eigenvalue weighted by atomic mass is 10.2. The van der Waals surface area contributed by atoms with Crippen LogP contribution in [0.25, 0.3) is 10.1 Å². The number of fused-ring (bicyclic) bond motifs is 1. The van der Waals surface area contributed by atoms with Crippen molar-refractivity contribution in [3.63, 3.8) is 0 Å². The lowest BCUT2D eigenvalue weighted by molar-refractivity contribution is 0.0958. The zero-order chi connectivity index (χ0) is 15.6. The maximum absolute atomic E-state index is 12.2. The van der Waals surface area contributed by atoms with Gasteiger partial charge < -0.3 is 11.1 Å². The van der Waals surface area contributed by atoms with Gasteiger partial charge in [0.15, 0.2) is 0 Å². The van der Waals surface area contributed by atoms with E-state index in [0.717, 1.165) is 14.6 Å². The molecule has 7 heteroatoms. The van der Waals surface area contributed by atoms with E-state index in [1.54, 1.807) is 6.26 Å². The summed E-state index contributed by atoms with van der Waals surface area (Å²) in [7, 11) is -0.869. The molecule has 21 heavy (non-hydrogen) atoms. The number of nitrogens with one attached hydrogen (secondary N) is 1. The molecule has 0 saturated carbocycles. The van der Waals surface area contributed by atoms with Gasteiger partial charge in [-0.05, 0) is 18.6 Å². The van der Waals surface area contributed by atoms with E-state index >= 15 is 0 Å². The van der Waals surface area contributed by atoms with Crippen LogP contribution in [-0.2, 0) is 10.8 Å². The smallest absolute Gasteiger partial charge is 0.263 e. The topological polar surface area (TPSA) is 72.2 Å². The van der Waals surface area contributed by atoms with Crippen LogP contribution >= 0.6 is 27.3 Å². The molecule has 0 aliphatic rings.